The second-order valence-corrected chi connectivity index (χ2v) is 9.28. The van der Waals surface area contributed by atoms with Crippen LogP contribution < -0.4 is 10.0 Å². The Hall–Kier alpha value is -2.39. The third kappa shape index (κ3) is 3.90. The van der Waals surface area contributed by atoms with Crippen molar-refractivity contribution in [1.29, 1.82) is 0 Å². The highest BCUT2D eigenvalue weighted by Gasteiger charge is 2.26. The van der Waals surface area contributed by atoms with Gasteiger partial charge in [0.25, 0.3) is 0 Å². The molecule has 2 aromatic carbocycles. The summed E-state index contributed by atoms with van der Waals surface area (Å²) in [5.41, 5.74) is 2.68. The average Bonchev–Trinajstić information content (AvgIpc) is 3.03. The SMILES string of the molecule is CN(C)c1c(-c2ccc(Cl)cc2)sc(C(=O)O)c1-c1ccc(S(N)(=O)=O)cc1. The summed E-state index contributed by atoms with van der Waals surface area (Å²) in [4.78, 5) is 14.7. The first kappa shape index (κ1) is 20.3. The van der Waals surface area contributed by atoms with Crippen LogP contribution in [0.3, 0.4) is 0 Å². The van der Waals surface area contributed by atoms with Gasteiger partial charge in [-0.2, -0.15) is 0 Å². The molecule has 0 atom stereocenters. The van der Waals surface area contributed by atoms with Crippen molar-refractivity contribution in [2.24, 2.45) is 5.14 Å². The maximum atomic E-state index is 11.9. The Kier molecular flexibility index (Phi) is 5.49. The van der Waals surface area contributed by atoms with Crippen molar-refractivity contribution in [2.75, 3.05) is 19.0 Å². The summed E-state index contributed by atoms with van der Waals surface area (Å²) in [6.07, 6.45) is 0. The standard InChI is InChI=1S/C19H17ClN2O4S2/c1-22(2)16-15(11-5-9-14(10-6-11)28(21,25)26)18(19(23)24)27-17(16)12-3-7-13(20)8-4-12/h3-10H,1-2H3,(H,23,24)(H2,21,25,26). The number of hydrogen-bond acceptors (Lipinski definition) is 5. The third-order valence-corrected chi connectivity index (χ3v) is 6.50. The number of primary sulfonamides is 1. The first-order valence-electron chi connectivity index (χ1n) is 8.06. The van der Waals surface area contributed by atoms with E-state index >= 15 is 0 Å². The maximum Gasteiger partial charge on any atom is 0.346 e. The lowest BCUT2D eigenvalue weighted by Crippen LogP contribution is -2.12. The summed E-state index contributed by atoms with van der Waals surface area (Å²) in [6.45, 7) is 0. The van der Waals surface area contributed by atoms with Crippen molar-refractivity contribution in [2.45, 2.75) is 4.90 Å². The Morgan fingerprint density at radius 1 is 1.04 bits per heavy atom. The lowest BCUT2D eigenvalue weighted by Gasteiger charge is -2.17. The number of benzene rings is 2. The van der Waals surface area contributed by atoms with E-state index in [2.05, 4.69) is 0 Å². The minimum absolute atomic E-state index is 0.0346. The number of anilines is 1. The second kappa shape index (κ2) is 7.56. The zero-order valence-corrected chi connectivity index (χ0v) is 17.4. The summed E-state index contributed by atoms with van der Waals surface area (Å²) >= 11 is 7.13. The molecule has 1 heterocycles. The van der Waals surface area contributed by atoms with E-state index in [1.165, 1.54) is 12.1 Å². The predicted octanol–water partition coefficient (Wildman–Crippen LogP) is 4.15. The molecule has 6 nitrogen and oxygen atoms in total. The number of carboxylic acid groups (broad SMARTS) is 1. The Labute approximate surface area is 171 Å². The van der Waals surface area contributed by atoms with Crippen LogP contribution in [0, 0.1) is 0 Å². The van der Waals surface area contributed by atoms with Crippen LogP contribution in [-0.2, 0) is 10.0 Å². The van der Waals surface area contributed by atoms with Crippen molar-refractivity contribution in [3.8, 4) is 21.6 Å². The van der Waals surface area contributed by atoms with Crippen molar-refractivity contribution in [3.05, 3.63) is 58.4 Å². The van der Waals surface area contributed by atoms with E-state index < -0.39 is 16.0 Å². The fourth-order valence-electron chi connectivity index (χ4n) is 2.88. The number of hydrogen-bond donors (Lipinski definition) is 2. The van der Waals surface area contributed by atoms with Gasteiger partial charge < -0.3 is 10.0 Å². The summed E-state index contributed by atoms with van der Waals surface area (Å²) < 4.78 is 23.0. The Bertz CT molecular complexity index is 1140. The van der Waals surface area contributed by atoms with Crippen LogP contribution in [0.2, 0.25) is 5.02 Å². The van der Waals surface area contributed by atoms with Gasteiger partial charge in [0.15, 0.2) is 0 Å². The van der Waals surface area contributed by atoms with Gasteiger partial charge in [-0.3, -0.25) is 0 Å². The van der Waals surface area contributed by atoms with Crippen LogP contribution >= 0.6 is 22.9 Å². The molecular formula is C19H17ClN2O4S2. The molecule has 146 valence electrons. The first-order valence-corrected chi connectivity index (χ1v) is 10.8. The number of carboxylic acids is 1. The molecule has 3 aromatic rings. The number of halogens is 1. The maximum absolute atomic E-state index is 11.9. The van der Waals surface area contributed by atoms with Gasteiger partial charge in [-0.1, -0.05) is 35.9 Å². The van der Waals surface area contributed by atoms with Gasteiger partial charge >= 0.3 is 5.97 Å². The topological polar surface area (TPSA) is 101 Å². The number of thiophene rings is 1. The molecule has 28 heavy (non-hydrogen) atoms. The molecule has 0 aliphatic heterocycles. The Morgan fingerprint density at radius 2 is 1.57 bits per heavy atom. The number of carbonyl (C=O) groups is 1. The van der Waals surface area contributed by atoms with Crippen LogP contribution in [0.1, 0.15) is 9.67 Å². The molecule has 0 bridgehead atoms. The lowest BCUT2D eigenvalue weighted by atomic mass is 10.0. The number of nitrogens with two attached hydrogens (primary N) is 1. The molecule has 0 saturated carbocycles. The van der Waals surface area contributed by atoms with E-state index in [-0.39, 0.29) is 9.77 Å². The summed E-state index contributed by atoms with van der Waals surface area (Å²) in [7, 11) is -0.176. The minimum Gasteiger partial charge on any atom is -0.477 e. The molecule has 0 amide bonds. The van der Waals surface area contributed by atoms with Crippen LogP contribution in [0.15, 0.2) is 53.4 Å². The highest BCUT2D eigenvalue weighted by molar-refractivity contribution is 7.89. The second-order valence-electron chi connectivity index (χ2n) is 6.26. The smallest absolute Gasteiger partial charge is 0.346 e. The minimum atomic E-state index is -3.83. The van der Waals surface area contributed by atoms with Crippen LogP contribution in [-0.4, -0.2) is 33.6 Å². The van der Waals surface area contributed by atoms with Gasteiger partial charge in [0.1, 0.15) is 4.88 Å². The zero-order chi connectivity index (χ0) is 20.6. The largest absolute Gasteiger partial charge is 0.477 e. The predicted molar refractivity (Wildman–Crippen MR) is 113 cm³/mol. The van der Waals surface area contributed by atoms with Gasteiger partial charge in [-0.15, -0.1) is 11.3 Å². The van der Waals surface area contributed by atoms with E-state index in [1.54, 1.807) is 24.3 Å². The summed E-state index contributed by atoms with van der Waals surface area (Å²) in [5.74, 6) is -1.06. The molecular weight excluding hydrogens is 420 g/mol. The van der Waals surface area contributed by atoms with Gasteiger partial charge in [0.05, 0.1) is 15.5 Å². The van der Waals surface area contributed by atoms with E-state index in [9.17, 15) is 18.3 Å². The molecule has 0 fully saturated rings. The summed E-state index contributed by atoms with van der Waals surface area (Å²) in [6, 6.07) is 13.0. The third-order valence-electron chi connectivity index (χ3n) is 4.10. The first-order chi connectivity index (χ1) is 13.1. The van der Waals surface area contributed by atoms with Gasteiger partial charge in [0, 0.05) is 24.7 Å². The molecule has 0 spiro atoms. The van der Waals surface area contributed by atoms with E-state index in [0.717, 1.165) is 27.5 Å². The monoisotopic (exact) mass is 436 g/mol. The Balaban J connectivity index is 2.27. The van der Waals surface area contributed by atoms with Crippen molar-refractivity contribution in [1.82, 2.24) is 0 Å². The highest BCUT2D eigenvalue weighted by atomic mass is 35.5. The molecule has 0 aliphatic carbocycles. The zero-order valence-electron chi connectivity index (χ0n) is 15.0. The normalized spacial score (nSPS) is 11.4. The average molecular weight is 437 g/mol. The van der Waals surface area contributed by atoms with E-state index in [0.29, 0.717) is 16.1 Å². The number of sulfonamides is 1. The van der Waals surface area contributed by atoms with E-state index in [1.807, 2.05) is 31.1 Å². The fourth-order valence-corrected chi connectivity index (χ4v) is 4.76. The molecule has 0 saturated heterocycles. The number of nitrogens with zero attached hydrogens (tertiary/aromatic N) is 1. The van der Waals surface area contributed by atoms with Crippen molar-refractivity contribution >= 4 is 44.6 Å². The molecule has 0 aliphatic rings. The van der Waals surface area contributed by atoms with Crippen molar-refractivity contribution < 1.29 is 18.3 Å². The number of rotatable bonds is 5. The molecule has 3 rings (SSSR count). The van der Waals surface area contributed by atoms with Crippen LogP contribution in [0.25, 0.3) is 21.6 Å². The van der Waals surface area contributed by atoms with E-state index in [4.69, 9.17) is 16.7 Å². The molecule has 1 aromatic heterocycles. The van der Waals surface area contributed by atoms with Gasteiger partial charge in [-0.05, 0) is 35.4 Å². The molecule has 9 heteroatoms. The molecule has 3 N–H and O–H groups in total. The molecule has 0 unspecified atom stereocenters. The van der Waals surface area contributed by atoms with Crippen LogP contribution in [0.4, 0.5) is 5.69 Å². The Morgan fingerprint density at radius 3 is 2.04 bits per heavy atom. The fraction of sp³-hybridized carbons (Fsp3) is 0.105. The van der Waals surface area contributed by atoms with Crippen molar-refractivity contribution in [3.63, 3.8) is 0 Å². The molecule has 0 radical (unpaired) electrons. The quantitative estimate of drug-likeness (QED) is 0.625. The number of aromatic carboxylic acids is 1. The highest BCUT2D eigenvalue weighted by Crippen LogP contribution is 2.47. The lowest BCUT2D eigenvalue weighted by molar-refractivity contribution is 0.0703. The van der Waals surface area contributed by atoms with Gasteiger partial charge in [0.2, 0.25) is 10.0 Å². The van der Waals surface area contributed by atoms with Gasteiger partial charge in [-0.25, -0.2) is 18.4 Å². The summed E-state index contributed by atoms with van der Waals surface area (Å²) in [5, 5.41) is 15.5. The van der Waals surface area contributed by atoms with Crippen LogP contribution in [0.5, 0.6) is 0 Å².